The lowest BCUT2D eigenvalue weighted by atomic mass is 9.94. The number of hydrogen-bond donors (Lipinski definition) is 3. The summed E-state index contributed by atoms with van der Waals surface area (Å²) in [5, 5.41) is 19.2. The fourth-order valence-electron chi connectivity index (χ4n) is 2.93. The third-order valence-corrected chi connectivity index (χ3v) is 4.64. The molecule has 0 spiro atoms. The predicted molar refractivity (Wildman–Crippen MR) is 105 cm³/mol. The molecule has 3 amide bonds. The number of hydrogen-bond acceptors (Lipinski definition) is 4. The lowest BCUT2D eigenvalue weighted by Gasteiger charge is -2.28. The van der Waals surface area contributed by atoms with Crippen LogP contribution in [-0.4, -0.2) is 16.9 Å². The Morgan fingerprint density at radius 3 is 2.50 bits per heavy atom. The van der Waals surface area contributed by atoms with E-state index in [1.54, 1.807) is 19.1 Å². The molecule has 0 radical (unpaired) electrons. The van der Waals surface area contributed by atoms with Gasteiger partial charge < -0.3 is 16.0 Å². The van der Waals surface area contributed by atoms with Crippen LogP contribution >= 0.6 is 11.6 Å². The van der Waals surface area contributed by atoms with Gasteiger partial charge in [0.05, 0.1) is 16.5 Å². The number of nitro groups is 1. The summed E-state index contributed by atoms with van der Waals surface area (Å²) in [5.74, 6) is -0.434. The van der Waals surface area contributed by atoms with Gasteiger partial charge in [-0.15, -0.1) is 0 Å². The number of anilines is 1. The van der Waals surface area contributed by atoms with Crippen LogP contribution in [0.2, 0.25) is 5.02 Å². The second kappa shape index (κ2) is 7.69. The Hall–Kier alpha value is -3.39. The van der Waals surface area contributed by atoms with E-state index in [1.165, 1.54) is 18.2 Å². The molecule has 0 saturated heterocycles. The van der Waals surface area contributed by atoms with Crippen LogP contribution in [0.4, 0.5) is 16.2 Å². The average Bonchev–Trinajstić information content (AvgIpc) is 2.63. The summed E-state index contributed by atoms with van der Waals surface area (Å²) >= 11 is 5.87. The summed E-state index contributed by atoms with van der Waals surface area (Å²) in [6.07, 6.45) is 0. The monoisotopic (exact) mass is 400 g/mol. The van der Waals surface area contributed by atoms with Gasteiger partial charge in [0.15, 0.2) is 0 Å². The highest BCUT2D eigenvalue weighted by Crippen LogP contribution is 2.33. The van der Waals surface area contributed by atoms with Crippen LogP contribution in [0, 0.1) is 17.0 Å². The Labute approximate surface area is 165 Å². The van der Waals surface area contributed by atoms with E-state index in [0.29, 0.717) is 16.9 Å². The van der Waals surface area contributed by atoms with Gasteiger partial charge in [-0.1, -0.05) is 35.4 Å². The first-order chi connectivity index (χ1) is 13.3. The van der Waals surface area contributed by atoms with Gasteiger partial charge in [-0.2, -0.15) is 0 Å². The fourth-order valence-corrected chi connectivity index (χ4v) is 3.12. The molecule has 9 heteroatoms. The van der Waals surface area contributed by atoms with E-state index in [-0.39, 0.29) is 16.3 Å². The highest BCUT2D eigenvalue weighted by atomic mass is 35.5. The van der Waals surface area contributed by atoms with Crippen molar-refractivity contribution in [3.8, 4) is 0 Å². The topological polar surface area (TPSA) is 113 Å². The van der Waals surface area contributed by atoms with E-state index >= 15 is 0 Å². The van der Waals surface area contributed by atoms with E-state index in [1.807, 2.05) is 19.1 Å². The van der Waals surface area contributed by atoms with Crippen LogP contribution in [0.25, 0.3) is 0 Å². The van der Waals surface area contributed by atoms with Gasteiger partial charge in [0.2, 0.25) is 0 Å². The Morgan fingerprint density at radius 1 is 1.18 bits per heavy atom. The summed E-state index contributed by atoms with van der Waals surface area (Å²) < 4.78 is 0. The molecule has 0 unspecified atom stereocenters. The summed E-state index contributed by atoms with van der Waals surface area (Å²) in [6.45, 7) is 3.53. The number of aryl methyl sites for hydroxylation is 1. The fraction of sp³-hybridized carbons (Fsp3) is 0.158. The van der Waals surface area contributed by atoms with E-state index in [0.717, 1.165) is 5.56 Å². The molecular formula is C19H17ClN4O4. The lowest BCUT2D eigenvalue weighted by Crippen LogP contribution is -2.46. The minimum absolute atomic E-state index is 0.0274. The van der Waals surface area contributed by atoms with Crippen molar-refractivity contribution in [2.75, 3.05) is 5.32 Å². The summed E-state index contributed by atoms with van der Waals surface area (Å²) in [6, 6.07) is 10.0. The number of carbonyl (C=O) groups is 2. The minimum atomic E-state index is -0.866. The second-order valence-electron chi connectivity index (χ2n) is 6.36. The Morgan fingerprint density at radius 2 is 1.86 bits per heavy atom. The quantitative estimate of drug-likeness (QED) is 0.534. The first kappa shape index (κ1) is 19.4. The molecule has 0 aliphatic carbocycles. The number of urea groups is 1. The molecule has 3 N–H and O–H groups in total. The number of nitro benzene ring substituents is 1. The van der Waals surface area contributed by atoms with Crippen LogP contribution in [0.1, 0.15) is 24.1 Å². The number of halogens is 1. The van der Waals surface area contributed by atoms with Gasteiger partial charge in [-0.3, -0.25) is 14.9 Å². The zero-order valence-corrected chi connectivity index (χ0v) is 15.8. The molecule has 1 aliphatic heterocycles. The zero-order valence-electron chi connectivity index (χ0n) is 15.1. The molecule has 3 rings (SSSR count). The van der Waals surface area contributed by atoms with Crippen molar-refractivity contribution in [3.05, 3.63) is 80.0 Å². The van der Waals surface area contributed by atoms with Crippen molar-refractivity contribution >= 4 is 34.9 Å². The Balaban J connectivity index is 1.99. The van der Waals surface area contributed by atoms with E-state index in [2.05, 4.69) is 16.0 Å². The van der Waals surface area contributed by atoms with Gasteiger partial charge >= 0.3 is 6.03 Å². The molecule has 0 aromatic heterocycles. The molecule has 1 aliphatic rings. The normalized spacial score (nSPS) is 16.2. The number of amides is 3. The number of rotatable bonds is 4. The minimum Gasteiger partial charge on any atom is -0.327 e. The Bertz CT molecular complexity index is 1000. The van der Waals surface area contributed by atoms with E-state index < -0.39 is 22.9 Å². The maximum Gasteiger partial charge on any atom is 0.319 e. The van der Waals surface area contributed by atoms with E-state index in [4.69, 9.17) is 11.6 Å². The number of benzene rings is 2. The van der Waals surface area contributed by atoms with Crippen LogP contribution in [0.3, 0.4) is 0 Å². The van der Waals surface area contributed by atoms with Crippen molar-refractivity contribution in [1.29, 1.82) is 0 Å². The van der Waals surface area contributed by atoms with Gasteiger partial charge in [-0.25, -0.2) is 4.79 Å². The highest BCUT2D eigenvalue weighted by molar-refractivity contribution is 6.32. The molecule has 8 nitrogen and oxygen atoms in total. The number of nitrogens with one attached hydrogen (secondary N) is 3. The zero-order chi connectivity index (χ0) is 20.4. The maximum absolute atomic E-state index is 12.9. The number of nitrogens with zero attached hydrogens (tertiary/aromatic N) is 1. The van der Waals surface area contributed by atoms with Crippen LogP contribution in [0.15, 0.2) is 53.7 Å². The van der Waals surface area contributed by atoms with Crippen LogP contribution in [0.5, 0.6) is 0 Å². The van der Waals surface area contributed by atoms with Crippen molar-refractivity contribution in [3.63, 3.8) is 0 Å². The lowest BCUT2D eigenvalue weighted by molar-refractivity contribution is -0.384. The maximum atomic E-state index is 12.9. The second-order valence-corrected chi connectivity index (χ2v) is 6.77. The molecular weight excluding hydrogens is 384 g/mol. The van der Waals surface area contributed by atoms with Crippen LogP contribution in [-0.2, 0) is 4.79 Å². The first-order valence-electron chi connectivity index (χ1n) is 8.36. The predicted octanol–water partition coefficient (Wildman–Crippen LogP) is 3.82. The molecule has 28 heavy (non-hydrogen) atoms. The van der Waals surface area contributed by atoms with E-state index in [9.17, 15) is 19.7 Å². The molecule has 2 aromatic rings. The van der Waals surface area contributed by atoms with Gasteiger partial charge in [0.25, 0.3) is 11.6 Å². The smallest absolute Gasteiger partial charge is 0.319 e. The molecule has 144 valence electrons. The molecule has 0 saturated carbocycles. The van der Waals surface area contributed by atoms with Gasteiger partial charge in [-0.05, 0) is 37.6 Å². The standard InChI is InChI=1S/C19H17ClN4O4/c1-10-3-6-13(7-4-10)22-18(25)16-11(2)21-19(26)23-17(16)12-5-8-14(20)15(9-12)24(27)28/h3-9,17H,1-2H3,(H,22,25)(H2,21,23,26)/t17-/m0/s1. The van der Waals surface area contributed by atoms with Gasteiger partial charge in [0, 0.05) is 17.5 Å². The largest absolute Gasteiger partial charge is 0.327 e. The molecule has 2 aromatic carbocycles. The van der Waals surface area contributed by atoms with Crippen molar-refractivity contribution in [1.82, 2.24) is 10.6 Å². The third kappa shape index (κ3) is 3.96. The summed E-state index contributed by atoms with van der Waals surface area (Å²) in [5.41, 5.74) is 2.31. The molecule has 0 bridgehead atoms. The number of allylic oxidation sites excluding steroid dienone is 1. The van der Waals surface area contributed by atoms with Gasteiger partial charge in [0.1, 0.15) is 5.02 Å². The first-order valence-corrected chi connectivity index (χ1v) is 8.74. The molecule has 1 atom stereocenters. The highest BCUT2D eigenvalue weighted by Gasteiger charge is 2.32. The van der Waals surface area contributed by atoms with Crippen molar-refractivity contribution in [2.45, 2.75) is 19.9 Å². The molecule has 1 heterocycles. The SMILES string of the molecule is CC1=C(C(=O)Nc2ccc(C)cc2)[C@H](c2ccc(Cl)c([N+](=O)[O-])c2)NC(=O)N1. The average molecular weight is 401 g/mol. The third-order valence-electron chi connectivity index (χ3n) is 4.32. The van der Waals surface area contributed by atoms with Crippen molar-refractivity contribution < 1.29 is 14.5 Å². The molecule has 0 fully saturated rings. The van der Waals surface area contributed by atoms with Crippen LogP contribution < -0.4 is 16.0 Å². The summed E-state index contributed by atoms with van der Waals surface area (Å²) in [4.78, 5) is 35.5. The van der Waals surface area contributed by atoms with Crippen molar-refractivity contribution in [2.24, 2.45) is 0 Å². The summed E-state index contributed by atoms with van der Waals surface area (Å²) in [7, 11) is 0. The Kier molecular flexibility index (Phi) is 5.32. The number of carbonyl (C=O) groups excluding carboxylic acids is 2.